The quantitative estimate of drug-likeness (QED) is 0.923. The molecule has 0 spiro atoms. The van der Waals surface area contributed by atoms with Crippen molar-refractivity contribution < 1.29 is 22.7 Å². The van der Waals surface area contributed by atoms with E-state index in [0.29, 0.717) is 0 Å². The molecule has 0 atom stereocenters. The molecule has 5 nitrogen and oxygen atoms in total. The maximum Gasteiger partial charge on any atom is 0.341 e. The molecule has 2 rings (SSSR count). The minimum atomic E-state index is -3.83. The second-order valence-electron chi connectivity index (χ2n) is 4.60. The average Bonchev–Trinajstić information content (AvgIpc) is 2.39. The van der Waals surface area contributed by atoms with E-state index >= 15 is 0 Å². The Morgan fingerprint density at radius 1 is 1.30 bits per heavy atom. The van der Waals surface area contributed by atoms with Crippen LogP contribution in [0, 0.1) is 0 Å². The van der Waals surface area contributed by atoms with Gasteiger partial charge in [-0.15, -0.1) is 0 Å². The average molecular weight is 322 g/mol. The van der Waals surface area contributed by atoms with Crippen LogP contribution < -0.4 is 0 Å². The molecule has 8 heteroatoms. The number of hydrogen-bond donors (Lipinski definition) is 1. The standard InChI is InChI=1S/C12H13ClFNO4S/c13-9-3-1-2-4-10(9)20(18,19)15-7-5-12(14,6-8-15)11(16)17/h1-4H,5-8H2,(H,16,17). The Labute approximate surface area is 121 Å². The van der Waals surface area contributed by atoms with Crippen LogP contribution in [0.3, 0.4) is 0 Å². The molecule has 0 radical (unpaired) electrons. The van der Waals surface area contributed by atoms with Gasteiger partial charge >= 0.3 is 5.97 Å². The van der Waals surface area contributed by atoms with Crippen molar-refractivity contribution in [1.29, 1.82) is 0 Å². The van der Waals surface area contributed by atoms with Gasteiger partial charge in [-0.05, 0) is 12.1 Å². The molecule has 0 unspecified atom stereocenters. The highest BCUT2D eigenvalue weighted by Gasteiger charge is 2.44. The molecule has 1 saturated heterocycles. The Morgan fingerprint density at radius 3 is 2.35 bits per heavy atom. The Bertz CT molecular complexity index is 626. The predicted octanol–water partition coefficient (Wildman–Crippen LogP) is 1.92. The van der Waals surface area contributed by atoms with Gasteiger partial charge in [0.2, 0.25) is 15.7 Å². The SMILES string of the molecule is O=C(O)C1(F)CCN(S(=O)(=O)c2ccccc2Cl)CC1. The summed E-state index contributed by atoms with van der Waals surface area (Å²) >= 11 is 5.86. The van der Waals surface area contributed by atoms with Crippen LogP contribution in [0.4, 0.5) is 4.39 Å². The van der Waals surface area contributed by atoms with Crippen molar-refractivity contribution in [3.8, 4) is 0 Å². The topological polar surface area (TPSA) is 74.7 Å². The zero-order valence-electron chi connectivity index (χ0n) is 10.4. The molecule has 0 aliphatic carbocycles. The van der Waals surface area contributed by atoms with Crippen LogP contribution in [0.5, 0.6) is 0 Å². The number of carboxylic acid groups (broad SMARTS) is 1. The van der Waals surface area contributed by atoms with Crippen LogP contribution in [0.25, 0.3) is 0 Å². The number of rotatable bonds is 3. The first-order chi connectivity index (χ1) is 9.27. The smallest absolute Gasteiger partial charge is 0.341 e. The lowest BCUT2D eigenvalue weighted by Crippen LogP contribution is -2.48. The molecule has 1 heterocycles. The molecule has 1 aliphatic heterocycles. The van der Waals surface area contributed by atoms with Gasteiger partial charge in [0.1, 0.15) is 4.90 Å². The number of carbonyl (C=O) groups is 1. The Kier molecular flexibility index (Phi) is 4.04. The minimum absolute atomic E-state index is 0.0525. The highest BCUT2D eigenvalue weighted by molar-refractivity contribution is 7.89. The zero-order valence-corrected chi connectivity index (χ0v) is 12.0. The number of halogens is 2. The second-order valence-corrected chi connectivity index (χ2v) is 6.92. The number of sulfonamides is 1. The van der Waals surface area contributed by atoms with Crippen molar-refractivity contribution in [3.05, 3.63) is 29.3 Å². The highest BCUT2D eigenvalue weighted by Crippen LogP contribution is 2.31. The van der Waals surface area contributed by atoms with Gasteiger partial charge in [-0.2, -0.15) is 4.31 Å². The molecule has 1 aliphatic rings. The molecule has 0 aromatic heterocycles. The van der Waals surface area contributed by atoms with Crippen LogP contribution >= 0.6 is 11.6 Å². The maximum absolute atomic E-state index is 13.9. The van der Waals surface area contributed by atoms with Crippen LogP contribution in [-0.2, 0) is 14.8 Å². The van der Waals surface area contributed by atoms with E-state index in [-0.39, 0.29) is 35.8 Å². The van der Waals surface area contributed by atoms with Gasteiger partial charge in [0.25, 0.3) is 0 Å². The molecular weight excluding hydrogens is 309 g/mol. The molecule has 0 amide bonds. The number of carboxylic acids is 1. The third-order valence-corrected chi connectivity index (χ3v) is 5.75. The van der Waals surface area contributed by atoms with Gasteiger partial charge in [0.15, 0.2) is 0 Å². The van der Waals surface area contributed by atoms with Gasteiger partial charge in [0.05, 0.1) is 5.02 Å². The predicted molar refractivity (Wildman–Crippen MR) is 70.9 cm³/mol. The molecule has 1 aromatic rings. The third-order valence-electron chi connectivity index (χ3n) is 3.35. The van der Waals surface area contributed by atoms with Crippen LogP contribution in [0.15, 0.2) is 29.2 Å². The summed E-state index contributed by atoms with van der Waals surface area (Å²) in [5, 5.41) is 8.87. The molecule has 1 fully saturated rings. The summed E-state index contributed by atoms with van der Waals surface area (Å²) in [7, 11) is -3.83. The fraction of sp³-hybridized carbons (Fsp3) is 0.417. The number of benzene rings is 1. The summed E-state index contributed by atoms with van der Waals surface area (Å²) in [4.78, 5) is 10.7. The van der Waals surface area contributed by atoms with Crippen LogP contribution in [0.2, 0.25) is 5.02 Å². The van der Waals surface area contributed by atoms with E-state index in [9.17, 15) is 17.6 Å². The molecule has 1 aromatic carbocycles. The van der Waals surface area contributed by atoms with E-state index in [1.165, 1.54) is 12.1 Å². The first kappa shape index (κ1) is 15.2. The monoisotopic (exact) mass is 321 g/mol. The van der Waals surface area contributed by atoms with E-state index in [4.69, 9.17) is 16.7 Å². The molecule has 110 valence electrons. The van der Waals surface area contributed by atoms with Gasteiger partial charge in [-0.25, -0.2) is 17.6 Å². The summed E-state index contributed by atoms with van der Waals surface area (Å²) in [6, 6.07) is 5.97. The van der Waals surface area contributed by atoms with Crippen LogP contribution in [-0.4, -0.2) is 42.6 Å². The summed E-state index contributed by atoms with van der Waals surface area (Å²) in [6.45, 7) is -0.368. The first-order valence-electron chi connectivity index (χ1n) is 5.94. The minimum Gasteiger partial charge on any atom is -0.479 e. The van der Waals surface area contributed by atoms with Gasteiger partial charge in [0, 0.05) is 25.9 Å². The zero-order chi connectivity index (χ0) is 15.0. The van der Waals surface area contributed by atoms with Crippen molar-refractivity contribution in [3.63, 3.8) is 0 Å². The Hall–Kier alpha value is -1.18. The van der Waals surface area contributed by atoms with Crippen molar-refractivity contribution in [1.82, 2.24) is 4.31 Å². The number of nitrogens with zero attached hydrogens (tertiary/aromatic N) is 1. The van der Waals surface area contributed by atoms with E-state index in [1.807, 2.05) is 0 Å². The summed E-state index contributed by atoms with van der Waals surface area (Å²) in [6.07, 6.45) is -0.738. The molecule has 0 bridgehead atoms. The molecule has 20 heavy (non-hydrogen) atoms. The first-order valence-corrected chi connectivity index (χ1v) is 7.76. The summed E-state index contributed by atoms with van der Waals surface area (Å²) < 4.78 is 39.7. The third kappa shape index (κ3) is 2.65. The van der Waals surface area contributed by atoms with E-state index in [2.05, 4.69) is 0 Å². The van der Waals surface area contributed by atoms with E-state index < -0.39 is 21.7 Å². The highest BCUT2D eigenvalue weighted by atomic mass is 35.5. The molecule has 0 saturated carbocycles. The summed E-state index contributed by atoms with van der Waals surface area (Å²) in [5.74, 6) is -1.55. The number of piperidine rings is 1. The number of hydrogen-bond acceptors (Lipinski definition) is 3. The van der Waals surface area contributed by atoms with E-state index in [0.717, 1.165) is 4.31 Å². The molecule has 1 N–H and O–H groups in total. The van der Waals surface area contributed by atoms with Crippen molar-refractivity contribution in [2.24, 2.45) is 0 Å². The van der Waals surface area contributed by atoms with Gasteiger partial charge in [-0.1, -0.05) is 23.7 Å². The lowest BCUT2D eigenvalue weighted by Gasteiger charge is -2.33. The lowest BCUT2D eigenvalue weighted by atomic mass is 9.95. The second kappa shape index (κ2) is 5.31. The van der Waals surface area contributed by atoms with Crippen molar-refractivity contribution >= 4 is 27.6 Å². The fourth-order valence-corrected chi connectivity index (χ4v) is 4.02. The largest absolute Gasteiger partial charge is 0.479 e. The summed E-state index contributed by atoms with van der Waals surface area (Å²) in [5.41, 5.74) is -2.35. The normalized spacial score (nSPS) is 19.7. The van der Waals surface area contributed by atoms with Crippen LogP contribution in [0.1, 0.15) is 12.8 Å². The van der Waals surface area contributed by atoms with Crippen molar-refractivity contribution in [2.75, 3.05) is 13.1 Å². The van der Waals surface area contributed by atoms with E-state index in [1.54, 1.807) is 12.1 Å². The number of alkyl halides is 1. The van der Waals surface area contributed by atoms with Gasteiger partial charge < -0.3 is 5.11 Å². The lowest BCUT2D eigenvalue weighted by molar-refractivity contribution is -0.153. The molecular formula is C12H13ClFNO4S. The fourth-order valence-electron chi connectivity index (χ4n) is 2.09. The maximum atomic E-state index is 13.9. The Morgan fingerprint density at radius 2 is 1.85 bits per heavy atom. The number of aliphatic carboxylic acids is 1. The van der Waals surface area contributed by atoms with Crippen molar-refractivity contribution in [2.45, 2.75) is 23.4 Å². The Balaban J connectivity index is 2.22. The van der Waals surface area contributed by atoms with Gasteiger partial charge in [-0.3, -0.25) is 0 Å².